The zero-order valence-electron chi connectivity index (χ0n) is 10.6. The Morgan fingerprint density at radius 3 is 2.89 bits per heavy atom. The van der Waals surface area contributed by atoms with Crippen molar-refractivity contribution < 1.29 is 14.6 Å². The molecule has 4 nitrogen and oxygen atoms in total. The van der Waals surface area contributed by atoms with Crippen LogP contribution in [-0.4, -0.2) is 42.8 Å². The molecule has 1 N–H and O–H groups in total. The maximum atomic E-state index is 11.0. The third-order valence-corrected chi connectivity index (χ3v) is 2.99. The molecule has 0 aliphatic rings. The first-order valence-electron chi connectivity index (χ1n) is 5.69. The summed E-state index contributed by atoms with van der Waals surface area (Å²) in [6.45, 7) is 1.15. The van der Waals surface area contributed by atoms with Crippen molar-refractivity contribution in [3.8, 4) is 0 Å². The van der Waals surface area contributed by atoms with Gasteiger partial charge in [-0.1, -0.05) is 28.1 Å². The number of aliphatic hydroxyl groups excluding tert-OH is 1. The van der Waals surface area contributed by atoms with Gasteiger partial charge in [0.25, 0.3) is 0 Å². The number of benzene rings is 1. The van der Waals surface area contributed by atoms with Gasteiger partial charge in [0, 0.05) is 17.6 Å². The molecule has 1 atom stereocenters. The number of methoxy groups -OCH3 is 1. The van der Waals surface area contributed by atoms with Crippen molar-refractivity contribution >= 4 is 21.9 Å². The van der Waals surface area contributed by atoms with Crippen LogP contribution in [0.15, 0.2) is 28.7 Å². The molecule has 0 aromatic heterocycles. The molecule has 18 heavy (non-hydrogen) atoms. The second-order valence-corrected chi connectivity index (χ2v) is 5.18. The van der Waals surface area contributed by atoms with Crippen LogP contribution in [0.25, 0.3) is 0 Å². The number of aliphatic hydroxyl groups is 1. The summed E-state index contributed by atoms with van der Waals surface area (Å²) in [4.78, 5) is 13.0. The normalized spacial score (nSPS) is 12.5. The Labute approximate surface area is 116 Å². The lowest BCUT2D eigenvalue weighted by molar-refractivity contribution is -0.143. The lowest BCUT2D eigenvalue weighted by atomic mass is 10.2. The third-order valence-electron chi connectivity index (χ3n) is 2.49. The molecule has 0 bridgehead atoms. The van der Waals surface area contributed by atoms with Crippen LogP contribution in [0.5, 0.6) is 0 Å². The van der Waals surface area contributed by atoms with E-state index in [2.05, 4.69) is 20.7 Å². The van der Waals surface area contributed by atoms with Crippen LogP contribution in [0.1, 0.15) is 12.0 Å². The van der Waals surface area contributed by atoms with Crippen LogP contribution in [0.4, 0.5) is 0 Å². The average molecular weight is 316 g/mol. The number of hydrogen-bond acceptors (Lipinski definition) is 4. The van der Waals surface area contributed by atoms with E-state index in [4.69, 9.17) is 0 Å². The minimum absolute atomic E-state index is 0.0271. The number of carbonyl (C=O) groups is 1. The standard InChI is InChI=1S/C13H18BrNO3/c1-15(9-12(16)7-13(17)18-2)8-10-4-3-5-11(14)6-10/h3-6,12,16H,7-9H2,1-2H3. The van der Waals surface area contributed by atoms with Crippen LogP contribution in [-0.2, 0) is 16.1 Å². The first-order valence-corrected chi connectivity index (χ1v) is 6.48. The fourth-order valence-corrected chi connectivity index (χ4v) is 2.16. The molecular weight excluding hydrogens is 298 g/mol. The number of ether oxygens (including phenoxy) is 1. The highest BCUT2D eigenvalue weighted by Gasteiger charge is 2.13. The van der Waals surface area contributed by atoms with Crippen molar-refractivity contribution in [3.05, 3.63) is 34.3 Å². The van der Waals surface area contributed by atoms with Gasteiger partial charge in [0.1, 0.15) is 0 Å². The number of rotatable bonds is 6. The molecule has 0 radical (unpaired) electrons. The molecule has 0 heterocycles. The molecule has 0 fully saturated rings. The van der Waals surface area contributed by atoms with Crippen LogP contribution < -0.4 is 0 Å². The molecule has 0 aliphatic carbocycles. The summed E-state index contributed by atoms with van der Waals surface area (Å²) in [6.07, 6.45) is -0.672. The van der Waals surface area contributed by atoms with Gasteiger partial charge in [0.2, 0.25) is 0 Å². The van der Waals surface area contributed by atoms with Crippen molar-refractivity contribution in [2.45, 2.75) is 19.1 Å². The molecule has 5 heteroatoms. The third kappa shape index (κ3) is 5.62. The van der Waals surface area contributed by atoms with Crippen molar-refractivity contribution in [1.82, 2.24) is 4.90 Å². The van der Waals surface area contributed by atoms with Crippen molar-refractivity contribution in [3.63, 3.8) is 0 Å². The van der Waals surface area contributed by atoms with E-state index in [0.717, 1.165) is 16.6 Å². The summed E-state index contributed by atoms with van der Waals surface area (Å²) in [6, 6.07) is 7.99. The second kappa shape index (κ2) is 7.51. The Morgan fingerprint density at radius 2 is 2.28 bits per heavy atom. The highest BCUT2D eigenvalue weighted by atomic mass is 79.9. The van der Waals surface area contributed by atoms with Crippen molar-refractivity contribution in [2.24, 2.45) is 0 Å². The van der Waals surface area contributed by atoms with Gasteiger partial charge in [-0.25, -0.2) is 0 Å². The zero-order valence-corrected chi connectivity index (χ0v) is 12.2. The summed E-state index contributed by atoms with van der Waals surface area (Å²) in [5.74, 6) is -0.390. The molecule has 1 rings (SSSR count). The van der Waals surface area contributed by atoms with Gasteiger partial charge in [-0.15, -0.1) is 0 Å². The van der Waals surface area contributed by atoms with E-state index in [9.17, 15) is 9.90 Å². The highest BCUT2D eigenvalue weighted by molar-refractivity contribution is 9.10. The van der Waals surface area contributed by atoms with Gasteiger partial charge in [0.05, 0.1) is 19.6 Å². The number of carbonyl (C=O) groups excluding carboxylic acids is 1. The number of hydrogen-bond donors (Lipinski definition) is 1. The Bertz CT molecular complexity index is 398. The number of halogens is 1. The van der Waals surface area contributed by atoms with Crippen molar-refractivity contribution in [2.75, 3.05) is 20.7 Å². The molecule has 1 aromatic rings. The predicted molar refractivity (Wildman–Crippen MR) is 73.1 cm³/mol. The van der Waals surface area contributed by atoms with Crippen molar-refractivity contribution in [1.29, 1.82) is 0 Å². The lowest BCUT2D eigenvalue weighted by Crippen LogP contribution is -2.30. The predicted octanol–water partition coefficient (Wildman–Crippen LogP) is 1.80. The Hall–Kier alpha value is -0.910. The fourth-order valence-electron chi connectivity index (χ4n) is 1.71. The molecule has 1 unspecified atom stereocenters. The summed E-state index contributed by atoms with van der Waals surface area (Å²) in [7, 11) is 3.22. The summed E-state index contributed by atoms with van der Waals surface area (Å²) in [5, 5.41) is 9.70. The SMILES string of the molecule is COC(=O)CC(O)CN(C)Cc1cccc(Br)c1. The summed E-state index contributed by atoms with van der Waals surface area (Å²) < 4.78 is 5.54. The van der Waals surface area contributed by atoms with E-state index in [0.29, 0.717) is 6.54 Å². The maximum Gasteiger partial charge on any atom is 0.308 e. The molecule has 0 aliphatic heterocycles. The smallest absolute Gasteiger partial charge is 0.308 e. The van der Waals surface area contributed by atoms with Crippen LogP contribution in [0.3, 0.4) is 0 Å². The topological polar surface area (TPSA) is 49.8 Å². The van der Waals surface area contributed by atoms with E-state index in [-0.39, 0.29) is 6.42 Å². The monoisotopic (exact) mass is 315 g/mol. The van der Waals surface area contributed by atoms with Gasteiger partial charge < -0.3 is 9.84 Å². The van der Waals surface area contributed by atoms with Crippen LogP contribution >= 0.6 is 15.9 Å². The molecule has 100 valence electrons. The van der Waals surface area contributed by atoms with Crippen LogP contribution in [0, 0.1) is 0 Å². The van der Waals surface area contributed by atoms with E-state index >= 15 is 0 Å². The summed E-state index contributed by atoms with van der Waals surface area (Å²) in [5.41, 5.74) is 1.15. The van der Waals surface area contributed by atoms with Gasteiger partial charge in [-0.05, 0) is 24.7 Å². The Balaban J connectivity index is 2.41. The highest BCUT2D eigenvalue weighted by Crippen LogP contribution is 2.13. The summed E-state index contributed by atoms with van der Waals surface area (Å²) >= 11 is 3.42. The first-order chi connectivity index (χ1) is 8.51. The molecule has 1 aromatic carbocycles. The lowest BCUT2D eigenvalue weighted by Gasteiger charge is -2.20. The van der Waals surface area contributed by atoms with Crippen LogP contribution in [0.2, 0.25) is 0 Å². The maximum absolute atomic E-state index is 11.0. The number of esters is 1. The number of nitrogens with zero attached hydrogens (tertiary/aromatic N) is 1. The minimum Gasteiger partial charge on any atom is -0.469 e. The largest absolute Gasteiger partial charge is 0.469 e. The van der Waals surface area contributed by atoms with E-state index < -0.39 is 12.1 Å². The molecule has 0 saturated carbocycles. The van der Waals surface area contributed by atoms with Gasteiger partial charge in [0.15, 0.2) is 0 Å². The van der Waals surface area contributed by atoms with Gasteiger partial charge in [-0.2, -0.15) is 0 Å². The van der Waals surface area contributed by atoms with E-state index in [1.807, 2.05) is 36.2 Å². The van der Waals surface area contributed by atoms with E-state index in [1.165, 1.54) is 7.11 Å². The first kappa shape index (κ1) is 15.1. The number of likely N-dealkylation sites (N-methyl/N-ethyl adjacent to an activating group) is 1. The molecule has 0 saturated heterocycles. The van der Waals surface area contributed by atoms with Gasteiger partial charge >= 0.3 is 5.97 Å². The Morgan fingerprint density at radius 1 is 1.56 bits per heavy atom. The van der Waals surface area contributed by atoms with E-state index in [1.54, 1.807) is 0 Å². The quantitative estimate of drug-likeness (QED) is 0.813. The Kier molecular flexibility index (Phi) is 6.32. The molecule has 0 amide bonds. The minimum atomic E-state index is -0.699. The second-order valence-electron chi connectivity index (χ2n) is 4.26. The fraction of sp³-hybridized carbons (Fsp3) is 0.462. The molecular formula is C13H18BrNO3. The molecule has 0 spiro atoms. The van der Waals surface area contributed by atoms with Gasteiger partial charge in [-0.3, -0.25) is 9.69 Å². The average Bonchev–Trinajstić information content (AvgIpc) is 2.28. The zero-order chi connectivity index (χ0) is 13.5.